The highest BCUT2D eigenvalue weighted by molar-refractivity contribution is 7.99. The zero-order valence-electron chi connectivity index (χ0n) is 12.5. The first-order chi connectivity index (χ1) is 10.6. The van der Waals surface area contributed by atoms with Crippen molar-refractivity contribution in [1.82, 2.24) is 5.32 Å². The van der Waals surface area contributed by atoms with E-state index in [0.717, 1.165) is 18.4 Å². The van der Waals surface area contributed by atoms with E-state index in [-0.39, 0.29) is 11.7 Å². The largest absolute Gasteiger partial charge is 0.480 e. The minimum absolute atomic E-state index is 0.218. The molecule has 5 nitrogen and oxygen atoms in total. The van der Waals surface area contributed by atoms with Crippen molar-refractivity contribution in [3.63, 3.8) is 0 Å². The van der Waals surface area contributed by atoms with Crippen LogP contribution in [0.3, 0.4) is 0 Å². The fraction of sp³-hybridized carbons (Fsp3) is 0.438. The van der Waals surface area contributed by atoms with Crippen molar-refractivity contribution >= 4 is 23.6 Å². The van der Waals surface area contributed by atoms with E-state index < -0.39 is 12.0 Å². The third-order valence-electron chi connectivity index (χ3n) is 3.06. The van der Waals surface area contributed by atoms with Gasteiger partial charge in [-0.3, -0.25) is 4.79 Å². The topological polar surface area (TPSA) is 90.2 Å². The van der Waals surface area contributed by atoms with Gasteiger partial charge in [0.15, 0.2) is 0 Å². The Morgan fingerprint density at radius 2 is 2.05 bits per heavy atom. The maximum Gasteiger partial charge on any atom is 0.326 e. The van der Waals surface area contributed by atoms with Gasteiger partial charge >= 0.3 is 5.97 Å². The normalized spacial score (nSPS) is 11.5. The Labute approximate surface area is 134 Å². The van der Waals surface area contributed by atoms with Gasteiger partial charge in [0.2, 0.25) is 5.91 Å². The summed E-state index contributed by atoms with van der Waals surface area (Å²) in [4.78, 5) is 22.8. The van der Waals surface area contributed by atoms with Crippen molar-refractivity contribution < 1.29 is 14.7 Å². The Morgan fingerprint density at radius 1 is 1.36 bits per heavy atom. The SMILES string of the molecule is CCCCC(NC(=O)CSCc1ccc(C#N)cc1)C(=O)O. The zero-order valence-corrected chi connectivity index (χ0v) is 13.4. The van der Waals surface area contributed by atoms with E-state index >= 15 is 0 Å². The third kappa shape index (κ3) is 6.64. The second kappa shape index (κ2) is 9.85. The molecule has 1 amide bonds. The average molecular weight is 320 g/mol. The summed E-state index contributed by atoms with van der Waals surface area (Å²) in [6.45, 7) is 1.98. The van der Waals surface area contributed by atoms with Crippen LogP contribution in [0.4, 0.5) is 0 Å². The number of thioether (sulfide) groups is 1. The highest BCUT2D eigenvalue weighted by atomic mass is 32.2. The summed E-state index contributed by atoms with van der Waals surface area (Å²) >= 11 is 1.42. The number of unbranched alkanes of at least 4 members (excludes halogenated alkanes) is 1. The van der Waals surface area contributed by atoms with Crippen LogP contribution in [0.15, 0.2) is 24.3 Å². The van der Waals surface area contributed by atoms with Crippen molar-refractivity contribution in [2.45, 2.75) is 38.0 Å². The minimum Gasteiger partial charge on any atom is -0.480 e. The van der Waals surface area contributed by atoms with Crippen LogP contribution in [0.25, 0.3) is 0 Å². The maximum absolute atomic E-state index is 11.8. The van der Waals surface area contributed by atoms with Crippen LogP contribution in [0.2, 0.25) is 0 Å². The van der Waals surface area contributed by atoms with Gasteiger partial charge in [0.1, 0.15) is 6.04 Å². The van der Waals surface area contributed by atoms with Gasteiger partial charge in [-0.05, 0) is 24.1 Å². The summed E-state index contributed by atoms with van der Waals surface area (Å²) in [6, 6.07) is 8.43. The number of carboxylic acids is 1. The number of carboxylic acid groups (broad SMARTS) is 1. The van der Waals surface area contributed by atoms with Crippen LogP contribution in [0.1, 0.15) is 37.3 Å². The van der Waals surface area contributed by atoms with Crippen LogP contribution in [-0.2, 0) is 15.3 Å². The first-order valence-corrected chi connectivity index (χ1v) is 8.31. The molecular formula is C16H20N2O3S. The number of nitrogens with zero attached hydrogens (tertiary/aromatic N) is 1. The van der Waals surface area contributed by atoms with E-state index in [1.54, 1.807) is 12.1 Å². The first kappa shape index (κ1) is 18.1. The Hall–Kier alpha value is -2.00. The van der Waals surface area contributed by atoms with E-state index in [1.807, 2.05) is 19.1 Å². The molecular weight excluding hydrogens is 300 g/mol. The lowest BCUT2D eigenvalue weighted by molar-refractivity contribution is -0.141. The van der Waals surface area contributed by atoms with E-state index in [2.05, 4.69) is 11.4 Å². The smallest absolute Gasteiger partial charge is 0.326 e. The second-order valence-corrected chi connectivity index (χ2v) is 5.89. The molecule has 0 heterocycles. The molecule has 0 aromatic heterocycles. The van der Waals surface area contributed by atoms with Crippen molar-refractivity contribution in [2.75, 3.05) is 5.75 Å². The van der Waals surface area contributed by atoms with Crippen molar-refractivity contribution in [2.24, 2.45) is 0 Å². The first-order valence-electron chi connectivity index (χ1n) is 7.15. The number of amides is 1. The van der Waals surface area contributed by atoms with Crippen LogP contribution >= 0.6 is 11.8 Å². The Morgan fingerprint density at radius 3 is 2.59 bits per heavy atom. The molecule has 118 valence electrons. The molecule has 0 aliphatic heterocycles. The fourth-order valence-electron chi connectivity index (χ4n) is 1.84. The molecule has 1 rings (SSSR count). The van der Waals surface area contributed by atoms with Gasteiger partial charge in [0.25, 0.3) is 0 Å². The molecule has 0 fully saturated rings. The molecule has 0 saturated heterocycles. The van der Waals surface area contributed by atoms with Crippen LogP contribution in [-0.4, -0.2) is 28.8 Å². The third-order valence-corrected chi connectivity index (χ3v) is 4.07. The molecule has 0 aliphatic carbocycles. The predicted molar refractivity (Wildman–Crippen MR) is 86.4 cm³/mol. The number of carbonyl (C=O) groups excluding carboxylic acids is 1. The molecule has 2 N–H and O–H groups in total. The molecule has 1 unspecified atom stereocenters. The van der Waals surface area contributed by atoms with Gasteiger partial charge in [-0.15, -0.1) is 11.8 Å². The number of nitriles is 1. The van der Waals surface area contributed by atoms with E-state index in [4.69, 9.17) is 10.4 Å². The molecule has 0 saturated carbocycles. The lowest BCUT2D eigenvalue weighted by Crippen LogP contribution is -2.41. The lowest BCUT2D eigenvalue weighted by Gasteiger charge is -2.13. The number of benzene rings is 1. The highest BCUT2D eigenvalue weighted by Crippen LogP contribution is 2.13. The van der Waals surface area contributed by atoms with Crippen molar-refractivity contribution in [3.05, 3.63) is 35.4 Å². The van der Waals surface area contributed by atoms with Crippen LogP contribution < -0.4 is 5.32 Å². The highest BCUT2D eigenvalue weighted by Gasteiger charge is 2.18. The van der Waals surface area contributed by atoms with Gasteiger partial charge in [-0.2, -0.15) is 5.26 Å². The van der Waals surface area contributed by atoms with Gasteiger partial charge in [-0.25, -0.2) is 4.79 Å². The van der Waals surface area contributed by atoms with Crippen LogP contribution in [0, 0.1) is 11.3 Å². The Kier molecular flexibility index (Phi) is 8.08. The van der Waals surface area contributed by atoms with Gasteiger partial charge in [-0.1, -0.05) is 31.9 Å². The van der Waals surface area contributed by atoms with E-state index in [9.17, 15) is 9.59 Å². The zero-order chi connectivity index (χ0) is 16.4. The molecule has 0 radical (unpaired) electrons. The molecule has 6 heteroatoms. The molecule has 1 atom stereocenters. The summed E-state index contributed by atoms with van der Waals surface area (Å²) in [7, 11) is 0. The van der Waals surface area contributed by atoms with Crippen molar-refractivity contribution in [1.29, 1.82) is 5.26 Å². The summed E-state index contributed by atoms with van der Waals surface area (Å²) in [5.74, 6) is -0.386. The number of aliphatic carboxylic acids is 1. The standard InChI is InChI=1S/C16H20N2O3S/c1-2-3-4-14(16(20)21)18-15(19)11-22-10-13-7-5-12(9-17)6-8-13/h5-8,14H,2-4,10-11H2,1H3,(H,18,19)(H,20,21). The molecule has 1 aromatic rings. The number of hydrogen-bond donors (Lipinski definition) is 2. The summed E-state index contributed by atoms with van der Waals surface area (Å²) < 4.78 is 0. The summed E-state index contributed by atoms with van der Waals surface area (Å²) in [6.07, 6.45) is 2.13. The number of rotatable bonds is 9. The monoisotopic (exact) mass is 320 g/mol. The average Bonchev–Trinajstić information content (AvgIpc) is 2.51. The molecule has 22 heavy (non-hydrogen) atoms. The van der Waals surface area contributed by atoms with Crippen molar-refractivity contribution in [3.8, 4) is 6.07 Å². The second-order valence-electron chi connectivity index (χ2n) is 4.90. The van der Waals surface area contributed by atoms with Gasteiger partial charge < -0.3 is 10.4 Å². The lowest BCUT2D eigenvalue weighted by atomic mass is 10.1. The maximum atomic E-state index is 11.8. The van der Waals surface area contributed by atoms with Gasteiger partial charge in [0.05, 0.1) is 17.4 Å². The minimum atomic E-state index is -0.987. The molecule has 0 aliphatic rings. The predicted octanol–water partition coefficient (Wildman–Crippen LogP) is 2.55. The quantitative estimate of drug-likeness (QED) is 0.730. The number of nitrogens with one attached hydrogen (secondary N) is 1. The number of carbonyl (C=O) groups is 2. The Balaban J connectivity index is 2.35. The molecule has 1 aromatic carbocycles. The van der Waals surface area contributed by atoms with Gasteiger partial charge in [0, 0.05) is 5.75 Å². The van der Waals surface area contributed by atoms with E-state index in [0.29, 0.717) is 17.7 Å². The van der Waals surface area contributed by atoms with Crippen LogP contribution in [0.5, 0.6) is 0 Å². The fourth-order valence-corrected chi connectivity index (χ4v) is 2.64. The Bertz CT molecular complexity index is 537. The summed E-state index contributed by atoms with van der Waals surface area (Å²) in [5, 5.41) is 20.3. The number of hydrogen-bond acceptors (Lipinski definition) is 4. The van der Waals surface area contributed by atoms with E-state index in [1.165, 1.54) is 11.8 Å². The molecule has 0 spiro atoms. The summed E-state index contributed by atoms with van der Waals surface area (Å²) in [5.41, 5.74) is 1.63. The molecule has 0 bridgehead atoms.